The molecule has 0 bridgehead atoms. The van der Waals surface area contributed by atoms with Crippen molar-refractivity contribution < 1.29 is 36.7 Å². The smallest absolute Gasteiger partial charge is 0.234 e. The van der Waals surface area contributed by atoms with E-state index >= 15 is 0 Å². The molecule has 0 aromatic heterocycles. The molecule has 14 heteroatoms. The Hall–Kier alpha value is -1.90. The maximum atomic E-state index is 14.4. The molecule has 7 atom stereocenters. The number of carbonyl (C=O) groups excluding carboxylic acids is 3. The Labute approximate surface area is 281 Å². The van der Waals surface area contributed by atoms with E-state index < -0.39 is 63.4 Å². The second-order valence-corrected chi connectivity index (χ2v) is 16.7. The highest BCUT2D eigenvalue weighted by Crippen LogP contribution is 2.36. The van der Waals surface area contributed by atoms with Gasteiger partial charge in [0.15, 0.2) is 0 Å². The molecule has 0 aromatic rings. The molecule has 0 radical (unpaired) electrons. The monoisotopic (exact) mass is 693 g/mol. The summed E-state index contributed by atoms with van der Waals surface area (Å²) >= 11 is 0. The van der Waals surface area contributed by atoms with Gasteiger partial charge in [-0.15, -0.1) is 0 Å². The summed E-state index contributed by atoms with van der Waals surface area (Å²) in [5.41, 5.74) is 2.79. The minimum Gasteiger partial charge on any atom is -0.390 e. The summed E-state index contributed by atoms with van der Waals surface area (Å²) in [4.78, 5) is 41.9. The number of sulfonamides is 1. The summed E-state index contributed by atoms with van der Waals surface area (Å²) in [6.07, 6.45) is -1.64. The first-order valence-electron chi connectivity index (χ1n) is 17.5. The van der Waals surface area contributed by atoms with Crippen molar-refractivity contribution in [2.45, 2.75) is 129 Å². The van der Waals surface area contributed by atoms with Gasteiger partial charge in [-0.2, -0.15) is 0 Å². The van der Waals surface area contributed by atoms with Crippen molar-refractivity contribution in [2.24, 2.45) is 23.7 Å². The van der Waals surface area contributed by atoms with Gasteiger partial charge in [-0.05, 0) is 63.2 Å². The van der Waals surface area contributed by atoms with Gasteiger partial charge in [0.25, 0.3) is 0 Å². The Morgan fingerprint density at radius 2 is 1.47 bits per heavy atom. The number of amides is 3. The molecule has 7 unspecified atom stereocenters. The Morgan fingerprint density at radius 3 is 1.98 bits per heavy atom. The molecule has 2 aliphatic carbocycles. The number of rotatable bonds is 18. The second-order valence-electron chi connectivity index (χ2n) is 14.2. The van der Waals surface area contributed by atoms with E-state index in [1.807, 2.05) is 34.6 Å². The summed E-state index contributed by atoms with van der Waals surface area (Å²) in [6, 6.07) is -0.919. The SMILES string of the molecule is CCCN(CCC)C(=O)C1CC(C(=O)NC(CC2CC(F)CC(F)C2)C(O)CN(CC)NC(=O)CC(C)C)CC(S(=O)(=O)N(C)C)C1. The van der Waals surface area contributed by atoms with Crippen molar-refractivity contribution in [1.29, 1.82) is 0 Å². The third-order valence-corrected chi connectivity index (χ3v) is 11.6. The van der Waals surface area contributed by atoms with Gasteiger partial charge < -0.3 is 15.3 Å². The number of hydrazine groups is 1. The maximum Gasteiger partial charge on any atom is 0.234 e. The minimum atomic E-state index is -3.80. The van der Waals surface area contributed by atoms with Crippen molar-refractivity contribution in [2.75, 3.05) is 40.3 Å². The number of alkyl halides is 2. The Balaban J connectivity index is 2.35. The highest BCUT2D eigenvalue weighted by atomic mass is 32.2. The summed E-state index contributed by atoms with van der Waals surface area (Å²) in [7, 11) is -0.933. The molecular formula is C33H61F2N5O6S. The highest BCUT2D eigenvalue weighted by molar-refractivity contribution is 7.89. The van der Waals surface area contributed by atoms with Crippen LogP contribution >= 0.6 is 0 Å². The molecule has 0 spiro atoms. The van der Waals surface area contributed by atoms with E-state index in [0.29, 0.717) is 19.6 Å². The quantitative estimate of drug-likeness (QED) is 0.187. The van der Waals surface area contributed by atoms with E-state index in [1.54, 1.807) is 9.91 Å². The topological polar surface area (TPSA) is 139 Å². The number of hydrogen-bond acceptors (Lipinski definition) is 7. The van der Waals surface area contributed by atoms with Crippen LogP contribution in [0.1, 0.15) is 98.8 Å². The van der Waals surface area contributed by atoms with Gasteiger partial charge in [0.2, 0.25) is 27.7 Å². The molecule has 2 fully saturated rings. The number of aliphatic hydroxyl groups excluding tert-OH is 1. The number of nitrogens with one attached hydrogen (secondary N) is 2. The fraction of sp³-hybridized carbons (Fsp3) is 0.909. The standard InChI is InChI=1S/C33H61F2N5O6S/c1-8-11-39(12-9-2)33(44)25-17-24(18-28(19-25)47(45,46)38(6)7)32(43)36-29(16-23-14-26(34)20-27(35)15-23)30(41)21-40(10-3)37-31(42)13-22(4)5/h22-30,41H,8-21H2,1-7H3,(H,36,43)(H,37,42). The van der Waals surface area contributed by atoms with Crippen LogP contribution in [0.15, 0.2) is 0 Å². The highest BCUT2D eigenvalue weighted by Gasteiger charge is 2.44. The molecule has 0 heterocycles. The zero-order chi connectivity index (χ0) is 35.5. The molecular weight excluding hydrogens is 632 g/mol. The van der Waals surface area contributed by atoms with Crippen molar-refractivity contribution in [3.05, 3.63) is 0 Å². The van der Waals surface area contributed by atoms with Gasteiger partial charge in [0, 0.05) is 65.0 Å². The van der Waals surface area contributed by atoms with Gasteiger partial charge in [-0.1, -0.05) is 34.6 Å². The molecule has 2 aliphatic rings. The van der Waals surface area contributed by atoms with Crippen LogP contribution < -0.4 is 10.7 Å². The van der Waals surface area contributed by atoms with E-state index in [0.717, 1.165) is 17.1 Å². The predicted octanol–water partition coefficient (Wildman–Crippen LogP) is 3.42. The lowest BCUT2D eigenvalue weighted by atomic mass is 9.79. The van der Waals surface area contributed by atoms with Crippen molar-refractivity contribution >= 4 is 27.7 Å². The van der Waals surface area contributed by atoms with Crippen LogP contribution in [0.3, 0.4) is 0 Å². The van der Waals surface area contributed by atoms with Crippen LogP contribution in [-0.4, -0.2) is 115 Å². The van der Waals surface area contributed by atoms with E-state index in [-0.39, 0.29) is 75.6 Å². The second kappa shape index (κ2) is 19.3. The van der Waals surface area contributed by atoms with Gasteiger partial charge in [0.1, 0.15) is 12.3 Å². The number of carbonyl (C=O) groups is 3. The summed E-state index contributed by atoms with van der Waals surface area (Å²) in [5, 5.41) is 15.0. The van der Waals surface area contributed by atoms with Gasteiger partial charge >= 0.3 is 0 Å². The zero-order valence-electron chi connectivity index (χ0n) is 29.6. The van der Waals surface area contributed by atoms with Crippen molar-refractivity contribution in [3.8, 4) is 0 Å². The lowest BCUT2D eigenvalue weighted by Gasteiger charge is -2.38. The number of halogens is 2. The molecule has 0 aliphatic heterocycles. The molecule has 0 aromatic carbocycles. The van der Waals surface area contributed by atoms with Gasteiger partial charge in [0.05, 0.1) is 17.4 Å². The number of aliphatic hydroxyl groups is 1. The van der Waals surface area contributed by atoms with Crippen LogP contribution in [-0.2, 0) is 24.4 Å². The van der Waals surface area contributed by atoms with E-state index in [4.69, 9.17) is 0 Å². The van der Waals surface area contributed by atoms with Gasteiger partial charge in [-0.25, -0.2) is 26.5 Å². The lowest BCUT2D eigenvalue weighted by Crippen LogP contribution is -2.55. The van der Waals surface area contributed by atoms with Crippen molar-refractivity contribution in [3.63, 3.8) is 0 Å². The normalized spacial score (nSPS) is 26.7. The van der Waals surface area contributed by atoms with Crippen LogP contribution in [0.5, 0.6) is 0 Å². The van der Waals surface area contributed by atoms with E-state index in [9.17, 15) is 36.7 Å². The fourth-order valence-corrected chi connectivity index (χ4v) is 8.55. The van der Waals surface area contributed by atoms with E-state index in [2.05, 4.69) is 10.7 Å². The van der Waals surface area contributed by atoms with Crippen LogP contribution in [0.2, 0.25) is 0 Å². The van der Waals surface area contributed by atoms with E-state index in [1.165, 1.54) is 14.1 Å². The Morgan fingerprint density at radius 1 is 0.894 bits per heavy atom. The number of nitrogens with zero attached hydrogens (tertiary/aromatic N) is 3. The number of hydrogen-bond donors (Lipinski definition) is 3. The average Bonchev–Trinajstić information content (AvgIpc) is 2.98. The molecule has 0 saturated heterocycles. The van der Waals surface area contributed by atoms with Crippen LogP contribution in [0.4, 0.5) is 8.78 Å². The summed E-state index contributed by atoms with van der Waals surface area (Å²) in [6.45, 7) is 11.0. The van der Waals surface area contributed by atoms with Crippen LogP contribution in [0, 0.1) is 23.7 Å². The van der Waals surface area contributed by atoms with Gasteiger partial charge in [-0.3, -0.25) is 19.8 Å². The Kier molecular flexibility index (Phi) is 17.0. The predicted molar refractivity (Wildman–Crippen MR) is 179 cm³/mol. The molecule has 47 heavy (non-hydrogen) atoms. The van der Waals surface area contributed by atoms with Crippen LogP contribution in [0.25, 0.3) is 0 Å². The zero-order valence-corrected chi connectivity index (χ0v) is 30.4. The molecule has 274 valence electrons. The summed E-state index contributed by atoms with van der Waals surface area (Å²) in [5.74, 6) is -2.69. The largest absolute Gasteiger partial charge is 0.390 e. The minimum absolute atomic E-state index is 0.00930. The molecule has 3 N–H and O–H groups in total. The average molecular weight is 694 g/mol. The van der Waals surface area contributed by atoms with Crippen molar-refractivity contribution in [1.82, 2.24) is 25.0 Å². The summed E-state index contributed by atoms with van der Waals surface area (Å²) < 4.78 is 56.5. The molecule has 2 saturated carbocycles. The third-order valence-electron chi connectivity index (χ3n) is 9.35. The molecule has 2 rings (SSSR count). The third kappa shape index (κ3) is 12.8. The maximum absolute atomic E-state index is 14.4. The number of likely N-dealkylation sites (N-methyl/N-ethyl adjacent to an activating group) is 1. The Bertz CT molecular complexity index is 1100. The lowest BCUT2D eigenvalue weighted by molar-refractivity contribution is -0.138. The molecule has 11 nitrogen and oxygen atoms in total. The first-order chi connectivity index (χ1) is 22.0. The first-order valence-corrected chi connectivity index (χ1v) is 19.0. The fourth-order valence-electron chi connectivity index (χ4n) is 7.01. The first kappa shape index (κ1) is 41.3. The molecule has 3 amide bonds.